The van der Waals surface area contributed by atoms with Crippen LogP contribution in [0.4, 0.5) is 12.0 Å². The van der Waals surface area contributed by atoms with Gasteiger partial charge in [0.1, 0.15) is 0 Å². The van der Waals surface area contributed by atoms with Gasteiger partial charge in [-0.1, -0.05) is 27.1 Å². The van der Waals surface area contributed by atoms with Crippen LogP contribution in [-0.4, -0.2) is 54.7 Å². The van der Waals surface area contributed by atoms with Crippen molar-refractivity contribution in [3.05, 3.63) is 57.6 Å². The number of fused-ring (bicyclic) bond motifs is 1. The van der Waals surface area contributed by atoms with Gasteiger partial charge in [-0.15, -0.1) is 5.10 Å². The summed E-state index contributed by atoms with van der Waals surface area (Å²) in [4.78, 5) is 11.3. The maximum Gasteiger partial charge on any atom is 0.318 e. The van der Waals surface area contributed by atoms with Gasteiger partial charge in [0.05, 0.1) is 23.1 Å². The lowest BCUT2D eigenvalue weighted by atomic mass is 9.94. The third-order valence-electron chi connectivity index (χ3n) is 6.68. The molecule has 174 valence electrons. The van der Waals surface area contributed by atoms with Crippen LogP contribution in [0.5, 0.6) is 0 Å². The van der Waals surface area contributed by atoms with Gasteiger partial charge in [0.25, 0.3) is 5.89 Å². The molecular formula is C23H24BrN9O. The Kier molecular flexibility index (Phi) is 5.48. The predicted molar refractivity (Wildman–Crippen MR) is 130 cm³/mol. The van der Waals surface area contributed by atoms with E-state index in [4.69, 9.17) is 4.42 Å². The number of aryl methyl sites for hydroxylation is 1. The summed E-state index contributed by atoms with van der Waals surface area (Å²) in [6.45, 7) is 3.60. The van der Waals surface area contributed by atoms with Gasteiger partial charge >= 0.3 is 6.01 Å². The molecule has 0 spiro atoms. The SMILES string of the molecule is Cc1nc(NC2Cc3ccc(Br)cc3C2)ncc1-c1nnc(N2CCC(c3cn[nH]n3)CC2)o1. The lowest BCUT2D eigenvalue weighted by Gasteiger charge is -2.29. The van der Waals surface area contributed by atoms with Crippen molar-refractivity contribution >= 4 is 27.9 Å². The highest BCUT2D eigenvalue weighted by Crippen LogP contribution is 2.31. The summed E-state index contributed by atoms with van der Waals surface area (Å²) in [5, 5.41) is 22.9. The molecule has 4 heterocycles. The van der Waals surface area contributed by atoms with Crippen molar-refractivity contribution in [3.63, 3.8) is 0 Å². The topological polar surface area (TPSA) is 122 Å². The number of aromatic amines is 1. The van der Waals surface area contributed by atoms with Gasteiger partial charge in [0.2, 0.25) is 5.95 Å². The maximum absolute atomic E-state index is 6.01. The summed E-state index contributed by atoms with van der Waals surface area (Å²) in [6, 6.07) is 7.28. The van der Waals surface area contributed by atoms with Crippen molar-refractivity contribution in [1.29, 1.82) is 0 Å². The standard InChI is InChI=1S/C23H24BrN9O/c1-13-19(11-25-22(27-13)28-18-9-15-2-3-17(24)8-16(15)10-18)21-30-31-23(34-21)33-6-4-14(5-7-33)20-12-26-32-29-20/h2-3,8,11-12,14,18H,4-7,9-10H2,1H3,(H,25,27,28)(H,26,29,32). The van der Waals surface area contributed by atoms with Crippen molar-refractivity contribution in [1.82, 2.24) is 35.6 Å². The second kappa shape index (κ2) is 8.79. The molecular weight excluding hydrogens is 498 g/mol. The van der Waals surface area contributed by atoms with Crippen molar-refractivity contribution in [2.75, 3.05) is 23.3 Å². The summed E-state index contributed by atoms with van der Waals surface area (Å²) in [5.41, 5.74) is 5.30. The number of H-pyrrole nitrogens is 1. The largest absolute Gasteiger partial charge is 0.403 e. The van der Waals surface area contributed by atoms with Crippen LogP contribution in [0.3, 0.4) is 0 Å². The second-order valence-electron chi connectivity index (χ2n) is 8.90. The minimum Gasteiger partial charge on any atom is -0.403 e. The molecule has 1 saturated heterocycles. The van der Waals surface area contributed by atoms with Gasteiger partial charge in [-0.3, -0.25) is 0 Å². The van der Waals surface area contributed by atoms with E-state index in [9.17, 15) is 0 Å². The maximum atomic E-state index is 6.01. The monoisotopic (exact) mass is 521 g/mol. The highest BCUT2D eigenvalue weighted by Gasteiger charge is 2.26. The fraction of sp³-hybridized carbons (Fsp3) is 0.391. The van der Waals surface area contributed by atoms with E-state index in [0.29, 0.717) is 23.8 Å². The zero-order valence-electron chi connectivity index (χ0n) is 18.7. The van der Waals surface area contributed by atoms with Crippen molar-refractivity contribution < 1.29 is 4.42 Å². The number of nitrogens with one attached hydrogen (secondary N) is 2. The van der Waals surface area contributed by atoms with E-state index in [1.54, 1.807) is 12.4 Å². The van der Waals surface area contributed by atoms with Crippen LogP contribution in [-0.2, 0) is 12.8 Å². The van der Waals surface area contributed by atoms with Gasteiger partial charge in [-0.25, -0.2) is 9.97 Å². The molecule has 1 aliphatic carbocycles. The van der Waals surface area contributed by atoms with E-state index >= 15 is 0 Å². The fourth-order valence-electron chi connectivity index (χ4n) is 4.84. The van der Waals surface area contributed by atoms with Crippen LogP contribution in [0.2, 0.25) is 0 Å². The molecule has 0 saturated carbocycles. The Morgan fingerprint density at radius 3 is 2.76 bits per heavy atom. The molecule has 1 fully saturated rings. The molecule has 2 N–H and O–H groups in total. The predicted octanol–water partition coefficient (Wildman–Crippen LogP) is 3.68. The zero-order valence-corrected chi connectivity index (χ0v) is 20.3. The van der Waals surface area contributed by atoms with Crippen LogP contribution in [0.15, 0.2) is 39.5 Å². The van der Waals surface area contributed by atoms with Crippen molar-refractivity contribution in [2.24, 2.45) is 0 Å². The summed E-state index contributed by atoms with van der Waals surface area (Å²) in [5.74, 6) is 1.46. The van der Waals surface area contributed by atoms with Crippen LogP contribution in [0.25, 0.3) is 11.5 Å². The highest BCUT2D eigenvalue weighted by atomic mass is 79.9. The molecule has 4 aromatic rings. The summed E-state index contributed by atoms with van der Waals surface area (Å²) < 4.78 is 7.12. The molecule has 0 bridgehead atoms. The molecule has 6 rings (SSSR count). The number of halogens is 1. The van der Waals surface area contributed by atoms with E-state index in [1.807, 2.05) is 6.92 Å². The minimum atomic E-state index is 0.282. The zero-order chi connectivity index (χ0) is 23.1. The Balaban J connectivity index is 1.11. The Morgan fingerprint density at radius 2 is 1.97 bits per heavy atom. The molecule has 2 aliphatic rings. The van der Waals surface area contributed by atoms with Gasteiger partial charge in [-0.2, -0.15) is 15.4 Å². The number of nitrogens with zero attached hydrogens (tertiary/aromatic N) is 7. The minimum absolute atomic E-state index is 0.282. The average molecular weight is 522 g/mol. The first kappa shape index (κ1) is 21.2. The molecule has 10 nitrogen and oxygen atoms in total. The van der Waals surface area contributed by atoms with Gasteiger partial charge < -0.3 is 14.6 Å². The van der Waals surface area contributed by atoms with Gasteiger partial charge in [0, 0.05) is 35.7 Å². The van der Waals surface area contributed by atoms with E-state index < -0.39 is 0 Å². The normalized spacial score (nSPS) is 18.3. The fourth-order valence-corrected chi connectivity index (χ4v) is 5.25. The number of hydrogen-bond donors (Lipinski definition) is 2. The molecule has 34 heavy (non-hydrogen) atoms. The summed E-state index contributed by atoms with van der Waals surface area (Å²) in [7, 11) is 0. The molecule has 0 radical (unpaired) electrons. The first-order valence-corrected chi connectivity index (χ1v) is 12.2. The number of anilines is 2. The quantitative estimate of drug-likeness (QED) is 0.404. The first-order chi connectivity index (χ1) is 16.6. The van der Waals surface area contributed by atoms with Crippen molar-refractivity contribution in [2.45, 2.75) is 44.6 Å². The van der Waals surface area contributed by atoms with Crippen molar-refractivity contribution in [3.8, 4) is 11.5 Å². The number of piperidine rings is 1. The third-order valence-corrected chi connectivity index (χ3v) is 7.17. The summed E-state index contributed by atoms with van der Waals surface area (Å²) in [6.07, 6.45) is 7.42. The smallest absolute Gasteiger partial charge is 0.318 e. The molecule has 1 aliphatic heterocycles. The van der Waals surface area contributed by atoms with Crippen LogP contribution in [0, 0.1) is 6.92 Å². The van der Waals surface area contributed by atoms with E-state index in [0.717, 1.165) is 60.2 Å². The Morgan fingerprint density at radius 1 is 1.12 bits per heavy atom. The molecule has 11 heteroatoms. The van der Waals surface area contributed by atoms with E-state index in [-0.39, 0.29) is 6.04 Å². The van der Waals surface area contributed by atoms with Crippen LogP contribution < -0.4 is 10.2 Å². The lowest BCUT2D eigenvalue weighted by molar-refractivity contribution is 0.456. The van der Waals surface area contributed by atoms with Gasteiger partial charge in [-0.05, 0) is 55.9 Å². The molecule has 1 atom stereocenters. The molecule has 1 unspecified atom stereocenters. The third kappa shape index (κ3) is 4.15. The van der Waals surface area contributed by atoms with Gasteiger partial charge in [0.15, 0.2) is 0 Å². The highest BCUT2D eigenvalue weighted by molar-refractivity contribution is 9.10. The van der Waals surface area contributed by atoms with Crippen LogP contribution >= 0.6 is 15.9 Å². The molecule has 3 aromatic heterocycles. The summed E-state index contributed by atoms with van der Waals surface area (Å²) >= 11 is 3.56. The average Bonchev–Trinajstić information content (AvgIpc) is 3.60. The second-order valence-corrected chi connectivity index (χ2v) is 9.82. The van der Waals surface area contributed by atoms with E-state index in [2.05, 4.69) is 79.9 Å². The Hall–Kier alpha value is -3.34. The van der Waals surface area contributed by atoms with E-state index in [1.165, 1.54) is 11.1 Å². The number of aromatic nitrogens is 7. The number of hydrogen-bond acceptors (Lipinski definition) is 9. The molecule has 0 amide bonds. The van der Waals surface area contributed by atoms with Crippen LogP contribution in [0.1, 0.15) is 41.3 Å². The first-order valence-electron chi connectivity index (χ1n) is 11.4. The number of benzene rings is 1. The Labute approximate surface area is 204 Å². The lowest BCUT2D eigenvalue weighted by Crippen LogP contribution is -2.33. The number of rotatable bonds is 5. The molecule has 1 aromatic carbocycles. The Bertz CT molecular complexity index is 1300.